The molecule has 3 aliphatic rings. The van der Waals surface area contributed by atoms with Crippen LogP contribution in [0.15, 0.2) is 17.2 Å². The highest BCUT2D eigenvalue weighted by atomic mass is 35.5. The minimum atomic E-state index is -0.910. The second kappa shape index (κ2) is 8.78. The number of hydrogen-bond donors (Lipinski definition) is 2. The minimum absolute atomic E-state index is 0.0714. The summed E-state index contributed by atoms with van der Waals surface area (Å²) in [5.74, 6) is 0.247. The van der Waals surface area contributed by atoms with Gasteiger partial charge >= 0.3 is 0 Å². The molecule has 6 rings (SSSR count). The van der Waals surface area contributed by atoms with Crippen LogP contribution in [0, 0.1) is 5.92 Å². The second-order valence-electron chi connectivity index (χ2n) is 10.3. The Labute approximate surface area is 222 Å². The Hall–Kier alpha value is -3.02. The molecule has 1 aliphatic carbocycles. The molecule has 10 nitrogen and oxygen atoms in total. The third kappa shape index (κ3) is 3.91. The van der Waals surface area contributed by atoms with E-state index in [9.17, 15) is 14.4 Å². The third-order valence-corrected chi connectivity index (χ3v) is 8.90. The van der Waals surface area contributed by atoms with Gasteiger partial charge < -0.3 is 20.3 Å². The summed E-state index contributed by atoms with van der Waals surface area (Å²) in [6.07, 6.45) is 3.59. The van der Waals surface area contributed by atoms with Crippen molar-refractivity contribution in [2.75, 3.05) is 25.1 Å². The molecule has 0 spiro atoms. The maximum Gasteiger partial charge on any atom is 0.276 e. The highest BCUT2D eigenvalue weighted by Crippen LogP contribution is 2.41. The molecule has 12 heteroatoms. The average Bonchev–Trinajstić information content (AvgIpc) is 3.35. The van der Waals surface area contributed by atoms with Gasteiger partial charge in [0.2, 0.25) is 5.91 Å². The maximum absolute atomic E-state index is 13.4. The molecule has 194 valence electrons. The number of amides is 2. The van der Waals surface area contributed by atoms with Crippen molar-refractivity contribution in [2.45, 2.75) is 51.7 Å². The van der Waals surface area contributed by atoms with Gasteiger partial charge in [0.1, 0.15) is 34.0 Å². The van der Waals surface area contributed by atoms with E-state index in [1.165, 1.54) is 17.0 Å². The van der Waals surface area contributed by atoms with Crippen LogP contribution in [0.4, 0.5) is 11.5 Å². The number of anilines is 2. The van der Waals surface area contributed by atoms with Crippen molar-refractivity contribution in [1.29, 1.82) is 0 Å². The SMILES string of the molecule is C[C@@H]1COCCN1C(=O)[C@H]1CCc2c(sc3ncnc(Nc4cc(Cl)c5n(c4=O)C(C)(C)NC5=O)c23)C1. The van der Waals surface area contributed by atoms with E-state index in [0.29, 0.717) is 32.0 Å². The number of rotatable bonds is 3. The topological polar surface area (TPSA) is 118 Å². The van der Waals surface area contributed by atoms with Crippen molar-refractivity contribution in [3.05, 3.63) is 43.9 Å². The summed E-state index contributed by atoms with van der Waals surface area (Å²) in [6.45, 7) is 7.30. The lowest BCUT2D eigenvalue weighted by atomic mass is 9.86. The first-order valence-corrected chi connectivity index (χ1v) is 13.5. The molecular weight excluding hydrogens is 516 g/mol. The largest absolute Gasteiger partial charge is 0.377 e. The number of fused-ring (bicyclic) bond motifs is 4. The molecule has 0 radical (unpaired) electrons. The van der Waals surface area contributed by atoms with Crippen LogP contribution in [0.2, 0.25) is 5.02 Å². The first kappa shape index (κ1) is 24.3. The number of carbonyl (C=O) groups is 2. The first-order valence-electron chi connectivity index (χ1n) is 12.3. The Balaban J connectivity index is 1.34. The van der Waals surface area contributed by atoms with E-state index in [4.69, 9.17) is 16.3 Å². The van der Waals surface area contributed by atoms with Gasteiger partial charge in [0.15, 0.2) is 0 Å². The van der Waals surface area contributed by atoms with Crippen molar-refractivity contribution in [3.63, 3.8) is 0 Å². The van der Waals surface area contributed by atoms with Crippen LogP contribution in [0.3, 0.4) is 0 Å². The third-order valence-electron chi connectivity index (χ3n) is 7.45. The molecule has 3 aromatic heterocycles. The quantitative estimate of drug-likeness (QED) is 0.522. The van der Waals surface area contributed by atoms with Crippen LogP contribution < -0.4 is 16.2 Å². The summed E-state index contributed by atoms with van der Waals surface area (Å²) in [7, 11) is 0. The lowest BCUT2D eigenvalue weighted by Crippen LogP contribution is -2.50. The van der Waals surface area contributed by atoms with Crippen LogP contribution in [-0.4, -0.2) is 57.0 Å². The number of carbonyl (C=O) groups excluding carboxylic acids is 2. The minimum Gasteiger partial charge on any atom is -0.377 e. The van der Waals surface area contributed by atoms with E-state index in [-0.39, 0.29) is 45.7 Å². The molecule has 5 heterocycles. The zero-order valence-electron chi connectivity index (χ0n) is 20.8. The van der Waals surface area contributed by atoms with Crippen LogP contribution in [0.5, 0.6) is 0 Å². The van der Waals surface area contributed by atoms with E-state index in [1.807, 2.05) is 11.8 Å². The average molecular weight is 543 g/mol. The molecule has 0 aromatic carbocycles. The molecule has 0 bridgehead atoms. The van der Waals surface area contributed by atoms with E-state index >= 15 is 0 Å². The molecule has 2 aliphatic heterocycles. The van der Waals surface area contributed by atoms with E-state index in [2.05, 4.69) is 20.6 Å². The Kier molecular flexibility index (Phi) is 5.77. The number of hydrogen-bond acceptors (Lipinski definition) is 8. The van der Waals surface area contributed by atoms with Gasteiger partial charge in [0.25, 0.3) is 11.5 Å². The van der Waals surface area contributed by atoms with Crippen molar-refractivity contribution < 1.29 is 14.3 Å². The molecule has 0 unspecified atom stereocenters. The summed E-state index contributed by atoms with van der Waals surface area (Å²) in [6, 6.07) is 1.56. The van der Waals surface area contributed by atoms with E-state index in [1.54, 1.807) is 25.2 Å². The fourth-order valence-electron chi connectivity index (χ4n) is 5.64. The van der Waals surface area contributed by atoms with Crippen molar-refractivity contribution in [3.8, 4) is 0 Å². The summed E-state index contributed by atoms with van der Waals surface area (Å²) in [4.78, 5) is 51.9. The maximum atomic E-state index is 13.4. The van der Waals surface area contributed by atoms with Gasteiger partial charge in [-0.3, -0.25) is 19.0 Å². The summed E-state index contributed by atoms with van der Waals surface area (Å²) in [5.41, 5.74) is 0.208. The molecule has 2 atom stereocenters. The Bertz CT molecular complexity index is 1520. The highest BCUT2D eigenvalue weighted by molar-refractivity contribution is 7.19. The molecule has 2 amide bonds. The Morgan fingerprint density at radius 2 is 2.14 bits per heavy atom. The van der Waals surface area contributed by atoms with Crippen molar-refractivity contribution in [2.24, 2.45) is 5.92 Å². The van der Waals surface area contributed by atoms with Gasteiger partial charge in [0, 0.05) is 17.3 Å². The smallest absolute Gasteiger partial charge is 0.276 e. The number of morpholine rings is 1. The Morgan fingerprint density at radius 3 is 2.92 bits per heavy atom. The Morgan fingerprint density at radius 1 is 1.32 bits per heavy atom. The van der Waals surface area contributed by atoms with Crippen LogP contribution in [0.25, 0.3) is 10.2 Å². The highest BCUT2D eigenvalue weighted by Gasteiger charge is 2.39. The number of aryl methyl sites for hydroxylation is 1. The van der Waals surface area contributed by atoms with Gasteiger partial charge in [-0.1, -0.05) is 11.6 Å². The monoisotopic (exact) mass is 542 g/mol. The van der Waals surface area contributed by atoms with E-state index in [0.717, 1.165) is 33.5 Å². The number of ether oxygens (including phenoxy) is 1. The van der Waals surface area contributed by atoms with Gasteiger partial charge in [-0.15, -0.1) is 11.3 Å². The van der Waals surface area contributed by atoms with Crippen LogP contribution in [0.1, 0.15) is 48.1 Å². The molecule has 0 saturated carbocycles. The zero-order valence-corrected chi connectivity index (χ0v) is 22.3. The number of nitrogens with one attached hydrogen (secondary N) is 2. The lowest BCUT2D eigenvalue weighted by Gasteiger charge is -2.36. The fourth-order valence-corrected chi connectivity index (χ4v) is 7.19. The van der Waals surface area contributed by atoms with Crippen molar-refractivity contribution in [1.82, 2.24) is 24.8 Å². The molecule has 2 N–H and O–H groups in total. The molecule has 37 heavy (non-hydrogen) atoms. The number of halogens is 1. The summed E-state index contributed by atoms with van der Waals surface area (Å²) in [5, 5.41) is 7.01. The lowest BCUT2D eigenvalue weighted by molar-refractivity contribution is -0.143. The number of aromatic nitrogens is 3. The van der Waals surface area contributed by atoms with Gasteiger partial charge in [0.05, 0.1) is 29.7 Å². The van der Waals surface area contributed by atoms with Crippen LogP contribution in [-0.2, 0) is 28.0 Å². The number of nitrogens with zero attached hydrogens (tertiary/aromatic N) is 4. The second-order valence-corrected chi connectivity index (χ2v) is 11.8. The molecule has 1 fully saturated rings. The van der Waals surface area contributed by atoms with Crippen LogP contribution >= 0.6 is 22.9 Å². The van der Waals surface area contributed by atoms with E-state index < -0.39 is 5.66 Å². The predicted octanol–water partition coefficient (Wildman–Crippen LogP) is 3.04. The summed E-state index contributed by atoms with van der Waals surface area (Å²) < 4.78 is 6.88. The zero-order chi connectivity index (χ0) is 26.1. The standard InChI is InChI=1S/C25H27ClN6O4S/c1-12-10-36-7-6-31(12)23(34)13-4-5-14-17(8-13)37-22-18(14)20(27-11-28-22)29-16-9-15(26)19-21(33)30-25(2,3)32(19)24(16)35/h9,11-13H,4-8,10H2,1-3H3,(H,30,33)(H,27,28,29)/t12-,13+/m1/s1. The predicted molar refractivity (Wildman–Crippen MR) is 141 cm³/mol. The number of thiophene rings is 1. The molecule has 3 aromatic rings. The molecule has 1 saturated heterocycles. The normalized spacial score (nSPS) is 22.5. The van der Waals surface area contributed by atoms with Gasteiger partial charge in [-0.05, 0) is 51.7 Å². The van der Waals surface area contributed by atoms with Gasteiger partial charge in [-0.2, -0.15) is 0 Å². The van der Waals surface area contributed by atoms with Gasteiger partial charge in [-0.25, -0.2) is 9.97 Å². The fraction of sp³-hybridized carbons (Fsp3) is 0.480. The number of pyridine rings is 1. The first-order chi connectivity index (χ1) is 17.7. The van der Waals surface area contributed by atoms with Crippen molar-refractivity contribution >= 4 is 56.5 Å². The summed E-state index contributed by atoms with van der Waals surface area (Å²) >= 11 is 8.00. The molecular formula is C25H27ClN6O4S.